The Hall–Kier alpha value is -4.00. The van der Waals surface area contributed by atoms with Crippen LogP contribution in [0, 0.1) is 5.82 Å². The summed E-state index contributed by atoms with van der Waals surface area (Å²) in [6.07, 6.45) is 1.79. The molecule has 3 aromatic carbocycles. The third kappa shape index (κ3) is 7.25. The summed E-state index contributed by atoms with van der Waals surface area (Å²) in [6, 6.07) is 23.1. The number of aromatic nitrogens is 1. The molecule has 12 heteroatoms. The van der Waals surface area contributed by atoms with Crippen LogP contribution >= 0.6 is 15.9 Å². The van der Waals surface area contributed by atoms with E-state index in [4.69, 9.17) is 4.84 Å². The Balaban J connectivity index is 1.20. The standard InChI is InChI=1S/C30H29BrFN5O4S/c31-24-9-11-27(12-10-24)41-37(26-5-3-4-25(32)22-26)42(39,40)28-13-7-23(8-14-28)30(38)34-16-17-35-18-20-36(21-19-35)29-6-1-2-15-33-29/h1-15,22H,16-21H2,(H,34,38). The molecule has 1 aliphatic rings. The number of nitrogens with zero attached hydrogens (tertiary/aromatic N) is 4. The maximum absolute atomic E-state index is 14.0. The Morgan fingerprint density at radius 1 is 0.952 bits per heavy atom. The van der Waals surface area contributed by atoms with Gasteiger partial charge in [-0.15, -0.1) is 0 Å². The summed E-state index contributed by atoms with van der Waals surface area (Å²) in [4.78, 5) is 27.3. The topological polar surface area (TPSA) is 95.1 Å². The molecule has 1 saturated heterocycles. The van der Waals surface area contributed by atoms with Crippen LogP contribution in [0.3, 0.4) is 0 Å². The van der Waals surface area contributed by atoms with Gasteiger partial charge in [-0.3, -0.25) is 9.69 Å². The van der Waals surface area contributed by atoms with Gasteiger partial charge in [-0.1, -0.05) is 32.5 Å². The van der Waals surface area contributed by atoms with Gasteiger partial charge in [-0.05, 0) is 72.8 Å². The van der Waals surface area contributed by atoms with Crippen molar-refractivity contribution in [3.05, 3.63) is 113 Å². The molecular weight excluding hydrogens is 625 g/mol. The quantitative estimate of drug-likeness (QED) is 0.248. The number of hydrogen-bond acceptors (Lipinski definition) is 7. The minimum Gasteiger partial charge on any atom is -0.364 e. The molecule has 4 aromatic rings. The lowest BCUT2D eigenvalue weighted by Crippen LogP contribution is -2.48. The van der Waals surface area contributed by atoms with E-state index in [9.17, 15) is 17.6 Å². The van der Waals surface area contributed by atoms with Gasteiger partial charge in [0.1, 0.15) is 11.6 Å². The summed E-state index contributed by atoms with van der Waals surface area (Å²) in [5.41, 5.74) is 0.306. The zero-order valence-corrected chi connectivity index (χ0v) is 25.0. The number of sulfonamides is 1. The molecule has 1 fully saturated rings. The molecule has 0 spiro atoms. The van der Waals surface area contributed by atoms with Gasteiger partial charge in [0, 0.05) is 61.6 Å². The first-order valence-corrected chi connectivity index (χ1v) is 15.5. The van der Waals surface area contributed by atoms with E-state index in [0.717, 1.165) is 42.5 Å². The lowest BCUT2D eigenvalue weighted by molar-refractivity contribution is 0.0947. The van der Waals surface area contributed by atoms with Crippen molar-refractivity contribution in [2.24, 2.45) is 0 Å². The average molecular weight is 655 g/mol. The lowest BCUT2D eigenvalue weighted by Gasteiger charge is -2.35. The number of amides is 1. The maximum atomic E-state index is 14.0. The molecule has 2 heterocycles. The highest BCUT2D eigenvalue weighted by atomic mass is 79.9. The minimum absolute atomic E-state index is 0.0133. The van der Waals surface area contributed by atoms with Gasteiger partial charge in [0.2, 0.25) is 0 Å². The van der Waals surface area contributed by atoms with E-state index in [1.165, 1.54) is 42.5 Å². The van der Waals surface area contributed by atoms with E-state index in [1.54, 1.807) is 30.5 Å². The number of rotatable bonds is 10. The number of pyridine rings is 1. The fourth-order valence-electron chi connectivity index (χ4n) is 4.47. The first-order chi connectivity index (χ1) is 20.3. The van der Waals surface area contributed by atoms with E-state index >= 15 is 0 Å². The number of carbonyl (C=O) groups excluding carboxylic acids is 1. The van der Waals surface area contributed by atoms with E-state index < -0.39 is 15.8 Å². The summed E-state index contributed by atoms with van der Waals surface area (Å²) in [5.74, 6) is 0.281. The smallest absolute Gasteiger partial charge is 0.295 e. The van der Waals surface area contributed by atoms with Crippen LogP contribution in [-0.2, 0) is 10.0 Å². The number of piperazine rings is 1. The third-order valence-electron chi connectivity index (χ3n) is 6.71. The summed E-state index contributed by atoms with van der Waals surface area (Å²) in [6.45, 7) is 4.60. The van der Waals surface area contributed by atoms with Crippen LogP contribution in [-0.4, -0.2) is 63.5 Å². The molecule has 1 amide bonds. The van der Waals surface area contributed by atoms with Crippen LogP contribution in [0.15, 0.2) is 107 Å². The minimum atomic E-state index is -4.29. The van der Waals surface area contributed by atoms with Crippen LogP contribution in [0.25, 0.3) is 0 Å². The fraction of sp³-hybridized carbons (Fsp3) is 0.200. The van der Waals surface area contributed by atoms with Crippen molar-refractivity contribution in [2.45, 2.75) is 4.90 Å². The van der Waals surface area contributed by atoms with E-state index in [1.807, 2.05) is 18.2 Å². The molecule has 1 N–H and O–H groups in total. The Labute approximate surface area is 252 Å². The average Bonchev–Trinajstić information content (AvgIpc) is 3.01. The van der Waals surface area contributed by atoms with Crippen molar-refractivity contribution < 1.29 is 22.4 Å². The van der Waals surface area contributed by atoms with Crippen molar-refractivity contribution in [3.8, 4) is 5.75 Å². The van der Waals surface area contributed by atoms with Gasteiger partial charge in [0.25, 0.3) is 15.9 Å². The SMILES string of the molecule is O=C(NCCN1CCN(c2ccccn2)CC1)c1ccc(S(=O)(=O)N(Oc2ccc(Br)cc2)c2cccc(F)c2)cc1. The Morgan fingerprint density at radius 2 is 1.69 bits per heavy atom. The number of hydrogen-bond donors (Lipinski definition) is 1. The first kappa shape index (κ1) is 29.5. The summed E-state index contributed by atoms with van der Waals surface area (Å²) < 4.78 is 42.7. The molecule has 9 nitrogen and oxygen atoms in total. The number of carbonyl (C=O) groups is 1. The molecule has 0 bridgehead atoms. The number of halogens is 2. The summed E-state index contributed by atoms with van der Waals surface area (Å²) >= 11 is 3.33. The predicted molar refractivity (Wildman–Crippen MR) is 162 cm³/mol. The molecule has 218 valence electrons. The molecule has 0 unspecified atom stereocenters. The molecule has 1 aliphatic heterocycles. The highest BCUT2D eigenvalue weighted by Gasteiger charge is 2.28. The van der Waals surface area contributed by atoms with Crippen LogP contribution < -0.4 is 19.5 Å². The molecule has 1 aromatic heterocycles. The Morgan fingerprint density at radius 3 is 2.36 bits per heavy atom. The van der Waals surface area contributed by atoms with Crippen molar-refractivity contribution in [1.82, 2.24) is 15.2 Å². The van der Waals surface area contributed by atoms with E-state index in [2.05, 4.69) is 36.0 Å². The Bertz CT molecular complexity index is 1600. The largest absolute Gasteiger partial charge is 0.364 e. The number of benzene rings is 3. The summed E-state index contributed by atoms with van der Waals surface area (Å²) in [5, 5.41) is 2.90. The fourth-order valence-corrected chi connectivity index (χ4v) is 5.98. The lowest BCUT2D eigenvalue weighted by atomic mass is 10.2. The van der Waals surface area contributed by atoms with Crippen molar-refractivity contribution in [1.29, 1.82) is 0 Å². The second-order valence-corrected chi connectivity index (χ2v) is 12.2. The zero-order valence-electron chi connectivity index (χ0n) is 22.6. The second-order valence-electron chi connectivity index (χ2n) is 9.55. The number of anilines is 2. The highest BCUT2D eigenvalue weighted by Crippen LogP contribution is 2.28. The summed E-state index contributed by atoms with van der Waals surface area (Å²) in [7, 11) is -4.29. The van der Waals surface area contributed by atoms with E-state index in [0.29, 0.717) is 23.1 Å². The molecule has 0 atom stereocenters. The third-order valence-corrected chi connectivity index (χ3v) is 8.83. The van der Waals surface area contributed by atoms with Crippen molar-refractivity contribution in [3.63, 3.8) is 0 Å². The van der Waals surface area contributed by atoms with E-state index in [-0.39, 0.29) is 22.2 Å². The van der Waals surface area contributed by atoms with Gasteiger partial charge >= 0.3 is 0 Å². The molecule has 5 rings (SSSR count). The molecular formula is C30H29BrFN5O4S. The van der Waals surface area contributed by atoms with Crippen molar-refractivity contribution in [2.75, 3.05) is 48.6 Å². The molecule has 0 radical (unpaired) electrons. The molecule has 0 saturated carbocycles. The van der Waals surface area contributed by atoms with Crippen LogP contribution in [0.2, 0.25) is 0 Å². The van der Waals surface area contributed by atoms with Gasteiger partial charge in [0.15, 0.2) is 5.75 Å². The first-order valence-electron chi connectivity index (χ1n) is 13.3. The number of nitrogens with one attached hydrogen (secondary N) is 1. The maximum Gasteiger partial charge on any atom is 0.295 e. The van der Waals surface area contributed by atoms with Crippen LogP contribution in [0.5, 0.6) is 5.75 Å². The zero-order chi connectivity index (χ0) is 29.5. The monoisotopic (exact) mass is 653 g/mol. The van der Waals surface area contributed by atoms with Crippen molar-refractivity contribution >= 4 is 43.4 Å². The normalized spacial score (nSPS) is 13.9. The Kier molecular flexibility index (Phi) is 9.35. The van der Waals surface area contributed by atoms with Crippen LogP contribution in [0.1, 0.15) is 10.4 Å². The second kappa shape index (κ2) is 13.3. The van der Waals surface area contributed by atoms with Gasteiger partial charge in [-0.25, -0.2) is 9.37 Å². The van der Waals surface area contributed by atoms with Gasteiger partial charge in [-0.2, -0.15) is 8.42 Å². The highest BCUT2D eigenvalue weighted by molar-refractivity contribution is 9.10. The van der Waals surface area contributed by atoms with Crippen LogP contribution in [0.4, 0.5) is 15.9 Å². The van der Waals surface area contributed by atoms with Gasteiger partial charge in [0.05, 0.1) is 10.6 Å². The predicted octanol–water partition coefficient (Wildman–Crippen LogP) is 4.72. The molecule has 42 heavy (non-hydrogen) atoms. The molecule has 0 aliphatic carbocycles. The van der Waals surface area contributed by atoms with Gasteiger partial charge < -0.3 is 15.1 Å².